The molecule has 0 amide bonds. The van der Waals surface area contributed by atoms with Crippen LogP contribution in [0.2, 0.25) is 0 Å². The van der Waals surface area contributed by atoms with Crippen molar-refractivity contribution < 1.29 is 9.94 Å². The molecule has 0 saturated carbocycles. The van der Waals surface area contributed by atoms with Crippen molar-refractivity contribution in [1.29, 1.82) is 0 Å². The molecule has 3 N–H and O–H groups in total. The molecule has 1 aromatic carbocycles. The lowest BCUT2D eigenvalue weighted by molar-refractivity contribution is 0.318. The number of hydrogen-bond donors (Lipinski definition) is 2. The van der Waals surface area contributed by atoms with Crippen LogP contribution in [0.15, 0.2) is 23.4 Å². The van der Waals surface area contributed by atoms with E-state index in [4.69, 9.17) is 15.7 Å². The van der Waals surface area contributed by atoms with Crippen LogP contribution in [-0.2, 0) is 0 Å². The summed E-state index contributed by atoms with van der Waals surface area (Å²) in [5.74, 6) is 0.886. The molecule has 0 spiro atoms. The van der Waals surface area contributed by atoms with Crippen LogP contribution in [-0.4, -0.2) is 31.2 Å². The Morgan fingerprint density at radius 2 is 1.95 bits per heavy atom. The van der Waals surface area contributed by atoms with Crippen LogP contribution in [0.1, 0.15) is 32.3 Å². The smallest absolute Gasteiger partial charge is 0.172 e. The Morgan fingerprint density at radius 3 is 2.42 bits per heavy atom. The average Bonchev–Trinajstić information content (AvgIpc) is 2.45. The summed E-state index contributed by atoms with van der Waals surface area (Å²) in [5, 5.41) is 12.0. The fraction of sp³-hybridized carbons (Fsp3) is 0.500. The van der Waals surface area contributed by atoms with E-state index in [0.29, 0.717) is 0 Å². The average molecular weight is 265 g/mol. The van der Waals surface area contributed by atoms with Crippen molar-refractivity contribution in [2.45, 2.75) is 26.7 Å². The second-order valence-electron chi connectivity index (χ2n) is 4.36. The predicted molar refractivity (Wildman–Crippen MR) is 78.3 cm³/mol. The maximum Gasteiger partial charge on any atom is 0.172 e. The minimum absolute atomic E-state index is 0.120. The van der Waals surface area contributed by atoms with E-state index in [2.05, 4.69) is 23.9 Å². The summed E-state index contributed by atoms with van der Waals surface area (Å²) in [4.78, 5) is 2.23. The quantitative estimate of drug-likeness (QED) is 0.344. The van der Waals surface area contributed by atoms with Gasteiger partial charge in [0.2, 0.25) is 0 Å². The van der Waals surface area contributed by atoms with Crippen LogP contribution < -0.4 is 15.4 Å². The summed E-state index contributed by atoms with van der Waals surface area (Å²) in [6, 6.07) is 5.56. The summed E-state index contributed by atoms with van der Waals surface area (Å²) in [5.41, 5.74) is 7.42. The molecule has 0 heterocycles. The topological polar surface area (TPSA) is 71.1 Å². The molecule has 19 heavy (non-hydrogen) atoms. The third-order valence-corrected chi connectivity index (χ3v) is 2.92. The molecule has 0 aliphatic heterocycles. The van der Waals surface area contributed by atoms with Crippen LogP contribution in [0.3, 0.4) is 0 Å². The molecule has 0 saturated heterocycles. The molecule has 0 fully saturated rings. The fourth-order valence-electron chi connectivity index (χ4n) is 2.06. The van der Waals surface area contributed by atoms with Gasteiger partial charge in [-0.2, -0.15) is 0 Å². The van der Waals surface area contributed by atoms with Crippen LogP contribution in [0, 0.1) is 0 Å². The van der Waals surface area contributed by atoms with E-state index in [1.807, 2.05) is 18.2 Å². The first-order chi connectivity index (χ1) is 9.17. The van der Waals surface area contributed by atoms with Gasteiger partial charge >= 0.3 is 0 Å². The third-order valence-electron chi connectivity index (χ3n) is 2.92. The largest absolute Gasteiger partial charge is 0.497 e. The van der Waals surface area contributed by atoms with E-state index in [0.717, 1.165) is 42.9 Å². The second-order valence-corrected chi connectivity index (χ2v) is 4.36. The van der Waals surface area contributed by atoms with Gasteiger partial charge in [-0.3, -0.25) is 0 Å². The maximum absolute atomic E-state index is 8.89. The van der Waals surface area contributed by atoms with Crippen LogP contribution in [0.4, 0.5) is 5.69 Å². The van der Waals surface area contributed by atoms with Gasteiger partial charge in [-0.15, -0.1) is 0 Å². The first-order valence-electron chi connectivity index (χ1n) is 6.58. The molecular weight excluding hydrogens is 242 g/mol. The Hall–Kier alpha value is -1.91. The van der Waals surface area contributed by atoms with Crippen molar-refractivity contribution in [3.63, 3.8) is 0 Å². The summed E-state index contributed by atoms with van der Waals surface area (Å²) >= 11 is 0. The maximum atomic E-state index is 8.89. The number of oxime groups is 1. The number of rotatable bonds is 7. The summed E-state index contributed by atoms with van der Waals surface area (Å²) in [7, 11) is 1.63. The molecule has 5 nitrogen and oxygen atoms in total. The Labute approximate surface area is 114 Å². The molecule has 1 aromatic rings. The number of methoxy groups -OCH3 is 1. The molecular formula is C14H23N3O2. The van der Waals surface area contributed by atoms with Gasteiger partial charge in [0.25, 0.3) is 0 Å². The standard InChI is InChI=1S/C14H23N3O2/c1-4-8-17(9-5-2)13-10-11(19-3)6-7-12(13)14(15)16-18/h6-7,10,18H,4-5,8-9H2,1-3H3,(H2,15,16). The lowest BCUT2D eigenvalue weighted by Gasteiger charge is -2.26. The van der Waals surface area contributed by atoms with Gasteiger partial charge in [0.15, 0.2) is 5.84 Å². The number of benzene rings is 1. The highest BCUT2D eigenvalue weighted by Crippen LogP contribution is 2.26. The van der Waals surface area contributed by atoms with Crippen molar-refractivity contribution in [1.82, 2.24) is 0 Å². The van der Waals surface area contributed by atoms with Gasteiger partial charge in [0, 0.05) is 24.7 Å². The zero-order valence-electron chi connectivity index (χ0n) is 11.9. The van der Waals surface area contributed by atoms with E-state index in [9.17, 15) is 0 Å². The van der Waals surface area contributed by atoms with Gasteiger partial charge in [0.05, 0.1) is 12.8 Å². The lowest BCUT2D eigenvalue weighted by Crippen LogP contribution is -2.28. The molecule has 0 aromatic heterocycles. The van der Waals surface area contributed by atoms with Crippen LogP contribution >= 0.6 is 0 Å². The predicted octanol–water partition coefficient (Wildman–Crippen LogP) is 2.42. The van der Waals surface area contributed by atoms with Gasteiger partial charge < -0.3 is 20.6 Å². The molecule has 1 rings (SSSR count). The molecule has 0 aliphatic rings. The molecule has 0 radical (unpaired) electrons. The minimum atomic E-state index is 0.120. The molecule has 0 bridgehead atoms. The monoisotopic (exact) mass is 265 g/mol. The van der Waals surface area contributed by atoms with Crippen LogP contribution in [0.25, 0.3) is 0 Å². The Kier molecular flexibility index (Phi) is 5.99. The van der Waals surface area contributed by atoms with Gasteiger partial charge in [-0.25, -0.2) is 0 Å². The van der Waals surface area contributed by atoms with Gasteiger partial charge in [-0.1, -0.05) is 19.0 Å². The number of nitrogens with zero attached hydrogens (tertiary/aromatic N) is 2. The highest BCUT2D eigenvalue weighted by Gasteiger charge is 2.14. The fourth-order valence-corrected chi connectivity index (χ4v) is 2.06. The Bertz CT molecular complexity index is 427. The van der Waals surface area contributed by atoms with Crippen molar-refractivity contribution in [2.75, 3.05) is 25.1 Å². The highest BCUT2D eigenvalue weighted by molar-refractivity contribution is 6.02. The zero-order chi connectivity index (χ0) is 14.3. The van der Waals surface area contributed by atoms with E-state index >= 15 is 0 Å². The van der Waals surface area contributed by atoms with Crippen molar-refractivity contribution in [3.05, 3.63) is 23.8 Å². The van der Waals surface area contributed by atoms with E-state index in [1.54, 1.807) is 7.11 Å². The molecule has 106 valence electrons. The minimum Gasteiger partial charge on any atom is -0.497 e. The van der Waals surface area contributed by atoms with E-state index in [-0.39, 0.29) is 5.84 Å². The SMILES string of the molecule is CCCN(CCC)c1cc(OC)ccc1/C(N)=N/O. The summed E-state index contributed by atoms with van der Waals surface area (Å²) < 4.78 is 5.26. The summed E-state index contributed by atoms with van der Waals surface area (Å²) in [6.07, 6.45) is 2.07. The number of anilines is 1. The number of nitrogens with two attached hydrogens (primary N) is 1. The van der Waals surface area contributed by atoms with E-state index < -0.39 is 0 Å². The van der Waals surface area contributed by atoms with Crippen LogP contribution in [0.5, 0.6) is 5.75 Å². The third kappa shape index (κ3) is 3.77. The number of hydrogen-bond acceptors (Lipinski definition) is 4. The van der Waals surface area contributed by atoms with Crippen molar-refractivity contribution in [2.24, 2.45) is 10.9 Å². The van der Waals surface area contributed by atoms with E-state index in [1.165, 1.54) is 0 Å². The molecule has 0 unspecified atom stereocenters. The summed E-state index contributed by atoms with van der Waals surface area (Å²) in [6.45, 7) is 6.11. The molecule has 5 heteroatoms. The first-order valence-corrected chi connectivity index (χ1v) is 6.58. The van der Waals surface area contributed by atoms with Gasteiger partial charge in [-0.05, 0) is 25.0 Å². The van der Waals surface area contributed by atoms with Gasteiger partial charge in [0.1, 0.15) is 5.75 Å². The number of amidine groups is 1. The zero-order valence-corrected chi connectivity index (χ0v) is 11.9. The number of ether oxygens (including phenoxy) is 1. The highest BCUT2D eigenvalue weighted by atomic mass is 16.5. The first kappa shape index (κ1) is 15.1. The molecule has 0 aliphatic carbocycles. The normalized spacial score (nSPS) is 11.4. The Morgan fingerprint density at radius 1 is 1.32 bits per heavy atom. The lowest BCUT2D eigenvalue weighted by atomic mass is 10.1. The molecule has 0 atom stereocenters. The van der Waals surface area contributed by atoms with Crippen molar-refractivity contribution >= 4 is 11.5 Å². The Balaban J connectivity index is 3.25. The second kappa shape index (κ2) is 7.51. The van der Waals surface area contributed by atoms with Crippen molar-refractivity contribution in [3.8, 4) is 5.75 Å².